The van der Waals surface area contributed by atoms with E-state index in [1.165, 1.54) is 5.56 Å². The second kappa shape index (κ2) is 6.63. The highest BCUT2D eigenvalue weighted by Gasteiger charge is 2.25. The van der Waals surface area contributed by atoms with Gasteiger partial charge in [0.1, 0.15) is 0 Å². The van der Waals surface area contributed by atoms with E-state index in [1.54, 1.807) is 24.3 Å². The van der Waals surface area contributed by atoms with Crippen LogP contribution >= 0.6 is 0 Å². The fraction of sp³-hybridized carbons (Fsp3) is 0.333. The zero-order valence-corrected chi connectivity index (χ0v) is 13.4. The van der Waals surface area contributed by atoms with Gasteiger partial charge in [-0.3, -0.25) is 0 Å². The molecule has 0 spiro atoms. The van der Waals surface area contributed by atoms with Crippen LogP contribution in [-0.4, -0.2) is 38.7 Å². The van der Waals surface area contributed by atoms with Gasteiger partial charge in [0.2, 0.25) is 0 Å². The molecule has 0 bridgehead atoms. The maximum absolute atomic E-state index is 12.3. The van der Waals surface area contributed by atoms with Gasteiger partial charge in [-0.05, 0) is 36.6 Å². The summed E-state index contributed by atoms with van der Waals surface area (Å²) in [5, 5.41) is 0. The van der Waals surface area contributed by atoms with Crippen molar-refractivity contribution in [3.8, 4) is 0 Å². The second-order valence-electron chi connectivity index (χ2n) is 5.83. The first-order valence-corrected chi connectivity index (χ1v) is 9.35. The fourth-order valence-electron chi connectivity index (χ4n) is 3.03. The molecule has 1 atom stereocenters. The van der Waals surface area contributed by atoms with Gasteiger partial charge in [0.05, 0.1) is 10.6 Å². The third kappa shape index (κ3) is 3.57. The number of rotatable bonds is 5. The first kappa shape index (κ1) is 15.3. The van der Waals surface area contributed by atoms with Crippen LogP contribution in [0.4, 0.5) is 0 Å². The van der Waals surface area contributed by atoms with Gasteiger partial charge < -0.3 is 4.90 Å². The van der Waals surface area contributed by atoms with Gasteiger partial charge in [0.15, 0.2) is 9.84 Å². The van der Waals surface area contributed by atoms with Gasteiger partial charge in [0.25, 0.3) is 0 Å². The smallest absolute Gasteiger partial charge is 0.179 e. The van der Waals surface area contributed by atoms with Crippen molar-refractivity contribution in [1.82, 2.24) is 4.90 Å². The number of benzene rings is 2. The van der Waals surface area contributed by atoms with Gasteiger partial charge in [-0.15, -0.1) is 0 Å². The van der Waals surface area contributed by atoms with E-state index in [-0.39, 0.29) is 5.75 Å². The van der Waals surface area contributed by atoms with E-state index in [2.05, 4.69) is 29.2 Å². The van der Waals surface area contributed by atoms with E-state index < -0.39 is 9.84 Å². The van der Waals surface area contributed by atoms with Crippen molar-refractivity contribution in [2.24, 2.45) is 0 Å². The second-order valence-corrected chi connectivity index (χ2v) is 7.94. The van der Waals surface area contributed by atoms with Crippen molar-refractivity contribution in [1.29, 1.82) is 0 Å². The van der Waals surface area contributed by atoms with E-state index in [4.69, 9.17) is 0 Å². The molecule has 2 aromatic rings. The lowest BCUT2D eigenvalue weighted by Gasteiger charge is -2.16. The maximum atomic E-state index is 12.3. The molecule has 3 rings (SSSR count). The minimum absolute atomic E-state index is 0.193. The maximum Gasteiger partial charge on any atom is 0.179 e. The number of hydrogen-bond acceptors (Lipinski definition) is 3. The van der Waals surface area contributed by atoms with Gasteiger partial charge in [-0.25, -0.2) is 8.42 Å². The van der Waals surface area contributed by atoms with Gasteiger partial charge in [-0.1, -0.05) is 48.5 Å². The van der Waals surface area contributed by atoms with E-state index in [1.807, 2.05) is 12.1 Å². The molecule has 1 fully saturated rings. The number of likely N-dealkylation sites (tertiary alicyclic amines) is 1. The zero-order chi connectivity index (χ0) is 15.4. The predicted octanol–water partition coefficient (Wildman–Crippen LogP) is 2.95. The van der Waals surface area contributed by atoms with Crippen molar-refractivity contribution >= 4 is 9.84 Å². The Morgan fingerprint density at radius 3 is 2.27 bits per heavy atom. The summed E-state index contributed by atoms with van der Waals surface area (Å²) in [6.45, 7) is 2.54. The molecule has 0 aromatic heterocycles. The quantitative estimate of drug-likeness (QED) is 0.851. The molecule has 0 saturated carbocycles. The average Bonchev–Trinajstić information content (AvgIpc) is 3.04. The molecule has 3 nitrogen and oxygen atoms in total. The van der Waals surface area contributed by atoms with Gasteiger partial charge in [0, 0.05) is 13.1 Å². The van der Waals surface area contributed by atoms with E-state index >= 15 is 0 Å². The molecule has 1 heterocycles. The lowest BCUT2D eigenvalue weighted by Crippen LogP contribution is -2.27. The lowest BCUT2D eigenvalue weighted by molar-refractivity contribution is 0.354. The molecule has 2 aromatic carbocycles. The summed E-state index contributed by atoms with van der Waals surface area (Å²) in [5.74, 6) is 0.721. The summed E-state index contributed by atoms with van der Waals surface area (Å²) in [6, 6.07) is 19.2. The Hall–Kier alpha value is -1.65. The average molecular weight is 315 g/mol. The number of nitrogens with zero attached hydrogens (tertiary/aromatic N) is 1. The molecule has 1 aliphatic heterocycles. The molecule has 4 heteroatoms. The molecule has 1 unspecified atom stereocenters. The Balaban J connectivity index is 1.57. The normalized spacial score (nSPS) is 19.4. The Labute approximate surface area is 132 Å². The summed E-state index contributed by atoms with van der Waals surface area (Å²) >= 11 is 0. The highest BCUT2D eigenvalue weighted by molar-refractivity contribution is 7.91. The van der Waals surface area contributed by atoms with Crippen LogP contribution < -0.4 is 0 Å². The minimum Gasteiger partial charge on any atom is -0.302 e. The van der Waals surface area contributed by atoms with Crippen molar-refractivity contribution in [2.75, 3.05) is 25.4 Å². The minimum atomic E-state index is -3.17. The molecule has 0 amide bonds. The van der Waals surface area contributed by atoms with Crippen molar-refractivity contribution < 1.29 is 8.42 Å². The molecule has 0 aliphatic carbocycles. The van der Waals surface area contributed by atoms with Crippen molar-refractivity contribution in [3.63, 3.8) is 0 Å². The molecule has 0 N–H and O–H groups in total. The van der Waals surface area contributed by atoms with Gasteiger partial charge >= 0.3 is 0 Å². The number of sulfone groups is 1. The summed E-state index contributed by atoms with van der Waals surface area (Å²) in [4.78, 5) is 2.69. The van der Waals surface area contributed by atoms with Crippen LogP contribution in [-0.2, 0) is 9.84 Å². The summed E-state index contributed by atoms with van der Waals surface area (Å²) in [5.41, 5.74) is 1.36. The molecule has 1 aliphatic rings. The summed E-state index contributed by atoms with van der Waals surface area (Å²) < 4.78 is 24.6. The van der Waals surface area contributed by atoms with Gasteiger partial charge in [-0.2, -0.15) is 0 Å². The molecule has 116 valence electrons. The Kier molecular flexibility index (Phi) is 4.60. The zero-order valence-electron chi connectivity index (χ0n) is 12.6. The Bertz CT molecular complexity index is 698. The largest absolute Gasteiger partial charge is 0.302 e. The molecule has 1 saturated heterocycles. The van der Waals surface area contributed by atoms with Crippen LogP contribution in [0.1, 0.15) is 17.9 Å². The topological polar surface area (TPSA) is 37.4 Å². The molecular weight excluding hydrogens is 294 g/mol. The molecule has 22 heavy (non-hydrogen) atoms. The highest BCUT2D eigenvalue weighted by atomic mass is 32.2. The summed E-state index contributed by atoms with van der Waals surface area (Å²) in [7, 11) is -3.17. The monoisotopic (exact) mass is 315 g/mol. The van der Waals surface area contributed by atoms with Crippen LogP contribution in [0.15, 0.2) is 65.6 Å². The molecular formula is C18H21NO2S. The van der Waals surface area contributed by atoms with Crippen LogP contribution in [0, 0.1) is 0 Å². The van der Waals surface area contributed by atoms with Crippen molar-refractivity contribution in [2.45, 2.75) is 17.2 Å². The van der Waals surface area contributed by atoms with Crippen LogP contribution in [0.3, 0.4) is 0 Å². The van der Waals surface area contributed by atoms with E-state index in [0.29, 0.717) is 17.4 Å². The van der Waals surface area contributed by atoms with E-state index in [0.717, 1.165) is 19.5 Å². The highest BCUT2D eigenvalue weighted by Crippen LogP contribution is 2.26. The lowest BCUT2D eigenvalue weighted by atomic mass is 9.99. The number of hydrogen-bond donors (Lipinski definition) is 0. The van der Waals surface area contributed by atoms with E-state index in [9.17, 15) is 8.42 Å². The predicted molar refractivity (Wildman–Crippen MR) is 88.7 cm³/mol. The van der Waals surface area contributed by atoms with Crippen LogP contribution in [0.2, 0.25) is 0 Å². The SMILES string of the molecule is O=S(=O)(CCN1CCC(c2ccccc2)C1)c1ccccc1. The summed E-state index contributed by atoms with van der Waals surface area (Å²) in [6.07, 6.45) is 1.11. The standard InChI is InChI=1S/C18H21NO2S/c20-22(21,18-9-5-2-6-10-18)14-13-19-12-11-17(15-19)16-7-3-1-4-8-16/h1-10,17H,11-15H2. The van der Waals surface area contributed by atoms with Crippen LogP contribution in [0.25, 0.3) is 0 Å². The fourth-order valence-corrected chi connectivity index (χ4v) is 4.33. The van der Waals surface area contributed by atoms with Crippen LogP contribution in [0.5, 0.6) is 0 Å². The van der Waals surface area contributed by atoms with Crippen molar-refractivity contribution in [3.05, 3.63) is 66.2 Å². The first-order valence-electron chi connectivity index (χ1n) is 7.70. The molecule has 0 radical (unpaired) electrons. The Morgan fingerprint density at radius 1 is 0.955 bits per heavy atom. The third-order valence-corrected chi connectivity index (χ3v) is 6.03. The Morgan fingerprint density at radius 2 is 1.59 bits per heavy atom. The third-order valence-electron chi connectivity index (χ3n) is 4.32. The first-order chi connectivity index (χ1) is 10.6.